The number of carbonyl (C=O) groups is 1. The molecule has 186 valence electrons. The van der Waals surface area contributed by atoms with E-state index in [-0.39, 0.29) is 23.9 Å². The van der Waals surface area contributed by atoms with Crippen molar-refractivity contribution >= 4 is 42.6 Å². The number of hydrogen-bond donors (Lipinski definition) is 0. The quantitative estimate of drug-likeness (QED) is 0.361. The van der Waals surface area contributed by atoms with Gasteiger partial charge >= 0.3 is 0 Å². The Hall–Kier alpha value is -3.21. The molecule has 10 heteroatoms. The largest absolute Gasteiger partial charge is 0.282 e. The van der Waals surface area contributed by atoms with Gasteiger partial charge in [-0.3, -0.25) is 14.7 Å². The molecular formula is C26H25FN4O3S2. The summed E-state index contributed by atoms with van der Waals surface area (Å²) in [5.41, 5.74) is 3.76. The molecule has 5 rings (SSSR count). The minimum atomic E-state index is -3.99. The summed E-state index contributed by atoms with van der Waals surface area (Å²) >= 11 is 1.41. The van der Waals surface area contributed by atoms with Crippen molar-refractivity contribution < 1.29 is 17.6 Å². The standard InChI is InChI=1S/C26H25FN4O3S2/c1-17-13-18(2)24-23(14-17)35-26(29-24)30(16-19-5-3-11-28-15-19)25(32)22-6-4-12-31(22)36(33,34)21-9-7-20(27)8-10-21/h3,5,7-11,13-15,22H,4,6,12,16H2,1-2H3. The van der Waals surface area contributed by atoms with Crippen LogP contribution in [0.15, 0.2) is 65.8 Å². The van der Waals surface area contributed by atoms with Crippen LogP contribution < -0.4 is 4.90 Å². The molecule has 0 aliphatic carbocycles. The number of hydrogen-bond acceptors (Lipinski definition) is 6. The second-order valence-electron chi connectivity index (χ2n) is 8.94. The highest BCUT2D eigenvalue weighted by atomic mass is 32.2. The van der Waals surface area contributed by atoms with Gasteiger partial charge in [0.1, 0.15) is 11.9 Å². The molecule has 1 fully saturated rings. The monoisotopic (exact) mass is 524 g/mol. The Balaban J connectivity index is 1.54. The lowest BCUT2D eigenvalue weighted by atomic mass is 10.1. The van der Waals surface area contributed by atoms with E-state index in [9.17, 15) is 17.6 Å². The van der Waals surface area contributed by atoms with E-state index >= 15 is 0 Å². The number of thiazole rings is 1. The lowest BCUT2D eigenvalue weighted by Gasteiger charge is -2.28. The molecule has 1 atom stereocenters. The molecule has 0 radical (unpaired) electrons. The van der Waals surface area contributed by atoms with Crippen LogP contribution >= 0.6 is 11.3 Å². The average Bonchev–Trinajstić information content (AvgIpc) is 3.51. The third-order valence-corrected chi connectivity index (χ3v) is 9.24. The molecule has 2 aromatic carbocycles. The maximum absolute atomic E-state index is 14.0. The molecule has 0 saturated carbocycles. The van der Waals surface area contributed by atoms with E-state index in [4.69, 9.17) is 4.98 Å². The zero-order valence-electron chi connectivity index (χ0n) is 19.9. The number of benzene rings is 2. The Kier molecular flexibility index (Phi) is 6.59. The van der Waals surface area contributed by atoms with Gasteiger partial charge in [-0.15, -0.1) is 0 Å². The Morgan fingerprint density at radius 3 is 2.69 bits per heavy atom. The Bertz CT molecular complexity index is 1520. The van der Waals surface area contributed by atoms with Crippen LogP contribution in [0.3, 0.4) is 0 Å². The summed E-state index contributed by atoms with van der Waals surface area (Å²) < 4.78 is 42.4. The molecule has 7 nitrogen and oxygen atoms in total. The van der Waals surface area contributed by atoms with E-state index in [0.29, 0.717) is 18.0 Å². The third-order valence-electron chi connectivity index (χ3n) is 6.29. The number of halogens is 1. The summed E-state index contributed by atoms with van der Waals surface area (Å²) in [6.07, 6.45) is 4.29. The molecule has 1 unspecified atom stereocenters. The van der Waals surface area contributed by atoms with E-state index in [0.717, 1.165) is 39.0 Å². The lowest BCUT2D eigenvalue weighted by Crippen LogP contribution is -2.47. The van der Waals surface area contributed by atoms with Gasteiger partial charge in [0.25, 0.3) is 0 Å². The first kappa shape index (κ1) is 24.5. The highest BCUT2D eigenvalue weighted by Gasteiger charge is 2.42. The molecule has 0 bridgehead atoms. The number of carbonyl (C=O) groups excluding carboxylic acids is 1. The summed E-state index contributed by atoms with van der Waals surface area (Å²) in [6.45, 7) is 4.43. The van der Waals surface area contributed by atoms with Crippen LogP contribution in [0.5, 0.6) is 0 Å². The van der Waals surface area contributed by atoms with E-state index in [1.807, 2.05) is 32.0 Å². The first-order valence-corrected chi connectivity index (χ1v) is 13.8. The molecule has 0 spiro atoms. The summed E-state index contributed by atoms with van der Waals surface area (Å²) in [7, 11) is -3.99. The molecule has 1 amide bonds. The van der Waals surface area contributed by atoms with Crippen molar-refractivity contribution in [2.24, 2.45) is 0 Å². The van der Waals surface area contributed by atoms with Crippen LogP contribution in [0, 0.1) is 19.7 Å². The van der Waals surface area contributed by atoms with Gasteiger partial charge in [0.2, 0.25) is 15.9 Å². The Morgan fingerprint density at radius 2 is 1.97 bits per heavy atom. The van der Waals surface area contributed by atoms with Gasteiger partial charge in [-0.25, -0.2) is 17.8 Å². The van der Waals surface area contributed by atoms with Crippen LogP contribution in [0.25, 0.3) is 10.2 Å². The van der Waals surface area contributed by atoms with Crippen molar-refractivity contribution in [3.8, 4) is 0 Å². The number of aryl methyl sites for hydroxylation is 2. The maximum atomic E-state index is 14.0. The Morgan fingerprint density at radius 1 is 1.19 bits per heavy atom. The number of pyridine rings is 1. The van der Waals surface area contributed by atoms with Crippen LogP contribution in [-0.2, 0) is 21.4 Å². The fourth-order valence-corrected chi connectivity index (χ4v) is 7.38. The molecule has 1 saturated heterocycles. The zero-order valence-corrected chi connectivity index (χ0v) is 21.5. The van der Waals surface area contributed by atoms with E-state index in [1.165, 1.54) is 27.8 Å². The smallest absolute Gasteiger partial charge is 0.247 e. The highest BCUT2D eigenvalue weighted by molar-refractivity contribution is 7.89. The number of amides is 1. The van der Waals surface area contributed by atoms with E-state index in [1.54, 1.807) is 23.4 Å². The van der Waals surface area contributed by atoms with Gasteiger partial charge in [0, 0.05) is 18.9 Å². The SMILES string of the molecule is Cc1cc(C)c2nc(N(Cc3cccnc3)C(=O)C3CCCN3S(=O)(=O)c3ccc(F)cc3)sc2c1. The summed E-state index contributed by atoms with van der Waals surface area (Å²) in [5, 5.41) is 0.513. The number of sulfonamides is 1. The van der Waals surface area contributed by atoms with Gasteiger partial charge < -0.3 is 0 Å². The number of fused-ring (bicyclic) bond motifs is 1. The van der Waals surface area contributed by atoms with Crippen molar-refractivity contribution in [3.63, 3.8) is 0 Å². The second-order valence-corrected chi connectivity index (χ2v) is 11.8. The fraction of sp³-hybridized carbons (Fsp3) is 0.269. The number of anilines is 1. The van der Waals surface area contributed by atoms with Gasteiger partial charge in [-0.2, -0.15) is 4.31 Å². The van der Waals surface area contributed by atoms with Crippen molar-refractivity contribution in [1.82, 2.24) is 14.3 Å². The normalized spacial score (nSPS) is 16.5. The molecule has 1 aliphatic rings. The molecular weight excluding hydrogens is 499 g/mol. The number of nitrogens with zero attached hydrogens (tertiary/aromatic N) is 4. The second kappa shape index (κ2) is 9.68. The van der Waals surface area contributed by atoms with Crippen LogP contribution in [-0.4, -0.2) is 41.2 Å². The minimum Gasteiger partial charge on any atom is -0.282 e. The molecule has 36 heavy (non-hydrogen) atoms. The molecule has 3 heterocycles. The third kappa shape index (κ3) is 4.63. The molecule has 2 aromatic heterocycles. The van der Waals surface area contributed by atoms with Crippen molar-refractivity contribution in [3.05, 3.63) is 83.4 Å². The van der Waals surface area contributed by atoms with Gasteiger partial charge in [-0.1, -0.05) is 23.5 Å². The minimum absolute atomic E-state index is 0.0338. The van der Waals surface area contributed by atoms with Gasteiger partial charge in [-0.05, 0) is 79.8 Å². The molecule has 1 aliphatic heterocycles. The average molecular weight is 525 g/mol. The first-order chi connectivity index (χ1) is 17.2. The maximum Gasteiger partial charge on any atom is 0.247 e. The van der Waals surface area contributed by atoms with Crippen molar-refractivity contribution in [1.29, 1.82) is 0 Å². The van der Waals surface area contributed by atoms with Crippen molar-refractivity contribution in [2.45, 2.75) is 44.2 Å². The van der Waals surface area contributed by atoms with Crippen LogP contribution in [0.2, 0.25) is 0 Å². The highest BCUT2D eigenvalue weighted by Crippen LogP contribution is 2.35. The topological polar surface area (TPSA) is 83.5 Å². The lowest BCUT2D eigenvalue weighted by molar-refractivity contribution is -0.121. The predicted octanol–water partition coefficient (Wildman–Crippen LogP) is 4.83. The summed E-state index contributed by atoms with van der Waals surface area (Å²) in [5.74, 6) is -0.859. The van der Waals surface area contributed by atoms with Crippen molar-refractivity contribution in [2.75, 3.05) is 11.4 Å². The van der Waals surface area contributed by atoms with Crippen LogP contribution in [0.1, 0.15) is 29.5 Å². The van der Waals surface area contributed by atoms with E-state index in [2.05, 4.69) is 4.98 Å². The summed E-state index contributed by atoms with van der Waals surface area (Å²) in [4.78, 5) is 24.5. The molecule has 4 aromatic rings. The summed E-state index contributed by atoms with van der Waals surface area (Å²) in [6, 6.07) is 11.6. The van der Waals surface area contributed by atoms with Gasteiger partial charge in [0.15, 0.2) is 5.13 Å². The molecule has 0 N–H and O–H groups in total. The number of rotatable bonds is 6. The predicted molar refractivity (Wildman–Crippen MR) is 138 cm³/mol. The fourth-order valence-electron chi connectivity index (χ4n) is 4.58. The van der Waals surface area contributed by atoms with Gasteiger partial charge in [0.05, 0.1) is 21.7 Å². The first-order valence-electron chi connectivity index (χ1n) is 11.6. The van der Waals surface area contributed by atoms with E-state index < -0.39 is 21.9 Å². The number of aromatic nitrogens is 2. The zero-order chi connectivity index (χ0) is 25.4. The Labute approximate surface area is 213 Å². The van der Waals surface area contributed by atoms with Crippen LogP contribution in [0.4, 0.5) is 9.52 Å².